The molecule has 0 aliphatic heterocycles. The van der Waals surface area contributed by atoms with E-state index in [1.54, 1.807) is 30.4 Å². The van der Waals surface area contributed by atoms with Crippen LogP contribution >= 0.6 is 0 Å². The molecule has 0 bridgehead atoms. The third-order valence-corrected chi connectivity index (χ3v) is 3.72. The maximum atomic E-state index is 12.5. The summed E-state index contributed by atoms with van der Waals surface area (Å²) in [6, 6.07) is 13.7. The zero-order valence-corrected chi connectivity index (χ0v) is 14.1. The van der Waals surface area contributed by atoms with Crippen molar-refractivity contribution >= 4 is 5.91 Å². The van der Waals surface area contributed by atoms with Gasteiger partial charge in [0.25, 0.3) is 5.91 Å². The molecule has 6 nitrogen and oxygen atoms in total. The van der Waals surface area contributed by atoms with Crippen LogP contribution in [-0.2, 0) is 11.3 Å². The van der Waals surface area contributed by atoms with Crippen LogP contribution in [0.15, 0.2) is 61.1 Å². The zero-order chi connectivity index (χ0) is 17.5. The highest BCUT2D eigenvalue weighted by atomic mass is 16.5. The van der Waals surface area contributed by atoms with Gasteiger partial charge < -0.3 is 10.1 Å². The van der Waals surface area contributed by atoms with Gasteiger partial charge >= 0.3 is 0 Å². The number of benzene rings is 1. The molecule has 0 fully saturated rings. The quantitative estimate of drug-likeness (QED) is 0.673. The third kappa shape index (κ3) is 4.30. The Balaban J connectivity index is 1.90. The summed E-state index contributed by atoms with van der Waals surface area (Å²) >= 11 is 0. The molecule has 1 aromatic carbocycles. The van der Waals surface area contributed by atoms with Gasteiger partial charge in [-0.2, -0.15) is 5.10 Å². The van der Waals surface area contributed by atoms with Crippen LogP contribution in [0.1, 0.15) is 15.9 Å². The topological polar surface area (TPSA) is 69.0 Å². The first-order valence-corrected chi connectivity index (χ1v) is 8.07. The monoisotopic (exact) mass is 336 g/mol. The molecule has 1 N–H and O–H groups in total. The number of carbonyl (C=O) groups is 1. The maximum absolute atomic E-state index is 12.5. The number of methoxy groups -OCH3 is 1. The first-order chi connectivity index (χ1) is 12.3. The predicted molar refractivity (Wildman–Crippen MR) is 95.2 cm³/mol. The largest absolute Gasteiger partial charge is 0.383 e. The molecular formula is C19H20N4O2. The number of pyridine rings is 1. The maximum Gasteiger partial charge on any atom is 0.255 e. The molecule has 0 aliphatic rings. The van der Waals surface area contributed by atoms with Crippen LogP contribution in [0.5, 0.6) is 0 Å². The first kappa shape index (κ1) is 16.9. The fourth-order valence-corrected chi connectivity index (χ4v) is 2.52. The third-order valence-electron chi connectivity index (χ3n) is 3.72. The van der Waals surface area contributed by atoms with Crippen molar-refractivity contribution in [2.24, 2.45) is 0 Å². The normalized spacial score (nSPS) is 10.6. The van der Waals surface area contributed by atoms with Gasteiger partial charge in [-0.15, -0.1) is 0 Å². The summed E-state index contributed by atoms with van der Waals surface area (Å²) in [6.45, 7) is 1.51. The van der Waals surface area contributed by atoms with E-state index in [0.717, 1.165) is 11.1 Å². The van der Waals surface area contributed by atoms with E-state index in [0.29, 0.717) is 31.0 Å². The van der Waals surface area contributed by atoms with Crippen molar-refractivity contribution in [3.05, 3.63) is 72.2 Å². The van der Waals surface area contributed by atoms with Crippen LogP contribution in [0.3, 0.4) is 0 Å². The molecule has 3 rings (SSSR count). The molecule has 6 heteroatoms. The van der Waals surface area contributed by atoms with E-state index >= 15 is 0 Å². The summed E-state index contributed by atoms with van der Waals surface area (Å²) in [6.07, 6.45) is 5.18. The second-order valence-corrected chi connectivity index (χ2v) is 5.56. The Morgan fingerprint density at radius 2 is 2.04 bits per heavy atom. The van der Waals surface area contributed by atoms with Crippen LogP contribution in [0, 0.1) is 0 Å². The van der Waals surface area contributed by atoms with Gasteiger partial charge in [0.15, 0.2) is 0 Å². The number of ether oxygens (including phenoxy) is 1. The summed E-state index contributed by atoms with van der Waals surface area (Å²) in [5, 5.41) is 7.46. The molecule has 1 amide bonds. The fraction of sp³-hybridized carbons (Fsp3) is 0.211. The van der Waals surface area contributed by atoms with Crippen LogP contribution in [0.2, 0.25) is 0 Å². The Morgan fingerprint density at radius 1 is 1.20 bits per heavy atom. The smallest absolute Gasteiger partial charge is 0.255 e. The number of rotatable bonds is 7. The van der Waals surface area contributed by atoms with Gasteiger partial charge in [0.1, 0.15) is 5.69 Å². The van der Waals surface area contributed by atoms with Gasteiger partial charge in [-0.05, 0) is 17.7 Å². The zero-order valence-electron chi connectivity index (χ0n) is 14.1. The highest BCUT2D eigenvalue weighted by molar-refractivity contribution is 5.99. The molecule has 3 aromatic rings. The molecule has 2 aromatic heterocycles. The van der Waals surface area contributed by atoms with Crippen LogP contribution < -0.4 is 5.32 Å². The number of hydrogen-bond acceptors (Lipinski definition) is 4. The Hall–Kier alpha value is -2.99. The van der Waals surface area contributed by atoms with Gasteiger partial charge in [-0.25, -0.2) is 0 Å². The second-order valence-electron chi connectivity index (χ2n) is 5.56. The second kappa shape index (κ2) is 8.21. The Morgan fingerprint density at radius 3 is 2.76 bits per heavy atom. The number of hydrogen-bond donors (Lipinski definition) is 1. The van der Waals surface area contributed by atoms with E-state index in [1.165, 1.54) is 0 Å². The average Bonchev–Trinajstić information content (AvgIpc) is 3.07. The minimum absolute atomic E-state index is 0.171. The Kier molecular flexibility index (Phi) is 5.53. The van der Waals surface area contributed by atoms with Crippen LogP contribution in [-0.4, -0.2) is 40.9 Å². The Labute approximate surface area is 146 Å². The lowest BCUT2D eigenvalue weighted by molar-refractivity contribution is 0.0937. The van der Waals surface area contributed by atoms with E-state index in [4.69, 9.17) is 4.74 Å². The van der Waals surface area contributed by atoms with Gasteiger partial charge in [-0.3, -0.25) is 14.5 Å². The molecule has 0 atom stereocenters. The number of aromatic nitrogens is 3. The van der Waals surface area contributed by atoms with Crippen molar-refractivity contribution in [3.63, 3.8) is 0 Å². The molecule has 0 spiro atoms. The minimum atomic E-state index is -0.171. The molecule has 0 unspecified atom stereocenters. The number of carbonyl (C=O) groups excluding carboxylic acids is 1. The molecule has 2 heterocycles. The number of nitrogens with zero attached hydrogens (tertiary/aromatic N) is 3. The highest BCUT2D eigenvalue weighted by Crippen LogP contribution is 2.21. The van der Waals surface area contributed by atoms with Gasteiger partial charge in [0.2, 0.25) is 0 Å². The molecule has 128 valence electrons. The van der Waals surface area contributed by atoms with E-state index in [1.807, 2.05) is 42.5 Å². The number of amides is 1. The van der Waals surface area contributed by atoms with E-state index in [-0.39, 0.29) is 5.91 Å². The Bertz CT molecular complexity index is 816. The fourth-order valence-electron chi connectivity index (χ4n) is 2.52. The SMILES string of the molecule is COCCNC(=O)c1cn(Cc2ccccc2)nc1-c1cccnc1. The highest BCUT2D eigenvalue weighted by Gasteiger charge is 2.18. The van der Waals surface area contributed by atoms with Crippen molar-refractivity contribution in [2.45, 2.75) is 6.54 Å². The minimum Gasteiger partial charge on any atom is -0.383 e. The summed E-state index contributed by atoms with van der Waals surface area (Å²) in [5.41, 5.74) is 3.08. The lowest BCUT2D eigenvalue weighted by Crippen LogP contribution is -2.27. The lowest BCUT2D eigenvalue weighted by atomic mass is 10.1. The number of nitrogens with one attached hydrogen (secondary N) is 1. The summed E-state index contributed by atoms with van der Waals surface area (Å²) in [4.78, 5) is 16.7. The van der Waals surface area contributed by atoms with Crippen molar-refractivity contribution < 1.29 is 9.53 Å². The summed E-state index contributed by atoms with van der Waals surface area (Å²) in [7, 11) is 1.60. The molecule has 0 saturated heterocycles. The van der Waals surface area contributed by atoms with E-state index in [2.05, 4.69) is 15.4 Å². The van der Waals surface area contributed by atoms with E-state index < -0.39 is 0 Å². The molecule has 0 saturated carbocycles. The average molecular weight is 336 g/mol. The molecule has 0 aliphatic carbocycles. The molecular weight excluding hydrogens is 316 g/mol. The van der Waals surface area contributed by atoms with Crippen LogP contribution in [0.25, 0.3) is 11.3 Å². The van der Waals surface area contributed by atoms with Gasteiger partial charge in [0, 0.05) is 37.8 Å². The van der Waals surface area contributed by atoms with Crippen molar-refractivity contribution in [1.82, 2.24) is 20.1 Å². The van der Waals surface area contributed by atoms with Crippen molar-refractivity contribution in [3.8, 4) is 11.3 Å². The van der Waals surface area contributed by atoms with E-state index in [9.17, 15) is 4.79 Å². The summed E-state index contributed by atoms with van der Waals surface area (Å²) in [5.74, 6) is -0.171. The lowest BCUT2D eigenvalue weighted by Gasteiger charge is -2.04. The van der Waals surface area contributed by atoms with Crippen LogP contribution in [0.4, 0.5) is 0 Å². The van der Waals surface area contributed by atoms with Crippen molar-refractivity contribution in [1.29, 1.82) is 0 Å². The molecule has 25 heavy (non-hydrogen) atoms. The first-order valence-electron chi connectivity index (χ1n) is 8.07. The van der Waals surface area contributed by atoms with Crippen molar-refractivity contribution in [2.75, 3.05) is 20.3 Å². The predicted octanol–water partition coefficient (Wildman–Crippen LogP) is 2.37. The van der Waals surface area contributed by atoms with Gasteiger partial charge in [0.05, 0.1) is 18.7 Å². The standard InChI is InChI=1S/C19H20N4O2/c1-25-11-10-21-19(24)17-14-23(13-15-6-3-2-4-7-15)22-18(17)16-8-5-9-20-12-16/h2-9,12,14H,10-11,13H2,1H3,(H,21,24). The summed E-state index contributed by atoms with van der Waals surface area (Å²) < 4.78 is 6.76. The molecule has 0 radical (unpaired) electrons. The van der Waals surface area contributed by atoms with Gasteiger partial charge in [-0.1, -0.05) is 30.3 Å².